The molecular formula is C13H17NO3. The zero-order chi connectivity index (χ0) is 11.7. The fourth-order valence-electron chi connectivity index (χ4n) is 1.92. The van der Waals surface area contributed by atoms with Crippen molar-refractivity contribution in [2.24, 2.45) is 0 Å². The number of rotatable bonds is 4. The highest BCUT2D eigenvalue weighted by atomic mass is 16.6. The summed E-state index contributed by atoms with van der Waals surface area (Å²) < 4.78 is 16.8. The smallest absolute Gasteiger partial charge is 0.161 e. The third-order valence-corrected chi connectivity index (χ3v) is 3.16. The van der Waals surface area contributed by atoms with Crippen molar-refractivity contribution in [1.82, 2.24) is 5.32 Å². The quantitative estimate of drug-likeness (QED) is 0.796. The van der Waals surface area contributed by atoms with Crippen LogP contribution in [0.3, 0.4) is 0 Å². The zero-order valence-corrected chi connectivity index (χ0v) is 9.89. The Bertz CT molecular complexity index is 392. The molecule has 2 heterocycles. The van der Waals surface area contributed by atoms with Crippen LogP contribution in [-0.4, -0.2) is 38.0 Å². The van der Waals surface area contributed by atoms with Gasteiger partial charge in [-0.15, -0.1) is 0 Å². The van der Waals surface area contributed by atoms with Crippen LogP contribution in [0.5, 0.6) is 11.5 Å². The first-order chi connectivity index (χ1) is 8.33. The van der Waals surface area contributed by atoms with E-state index >= 15 is 0 Å². The fraction of sp³-hybridized carbons (Fsp3) is 0.538. The second-order valence-electron chi connectivity index (χ2n) is 4.57. The molecule has 3 rings (SSSR count). The fourth-order valence-corrected chi connectivity index (χ4v) is 1.92. The van der Waals surface area contributed by atoms with E-state index in [4.69, 9.17) is 14.2 Å². The van der Waals surface area contributed by atoms with E-state index in [0.717, 1.165) is 24.7 Å². The largest absolute Gasteiger partial charge is 0.486 e. The Hall–Kier alpha value is -1.26. The Morgan fingerprint density at radius 1 is 1.29 bits per heavy atom. The molecule has 4 heteroatoms. The van der Waals surface area contributed by atoms with Crippen LogP contribution >= 0.6 is 0 Å². The molecule has 1 aromatic carbocycles. The molecule has 0 spiro atoms. The number of epoxide rings is 1. The number of nitrogens with one attached hydrogen (secondary N) is 1. The molecule has 4 nitrogen and oxygen atoms in total. The van der Waals surface area contributed by atoms with Crippen molar-refractivity contribution in [3.63, 3.8) is 0 Å². The van der Waals surface area contributed by atoms with Crippen molar-refractivity contribution in [3.8, 4) is 11.5 Å². The molecule has 0 saturated carbocycles. The second-order valence-corrected chi connectivity index (χ2v) is 4.57. The lowest BCUT2D eigenvalue weighted by atomic mass is 10.1. The Morgan fingerprint density at radius 3 is 2.82 bits per heavy atom. The van der Waals surface area contributed by atoms with Gasteiger partial charge in [-0.2, -0.15) is 0 Å². The van der Waals surface area contributed by atoms with Gasteiger partial charge in [0.15, 0.2) is 11.5 Å². The lowest BCUT2D eigenvalue weighted by Gasteiger charge is -2.30. The minimum absolute atomic E-state index is 0.0589. The van der Waals surface area contributed by atoms with E-state index in [9.17, 15) is 0 Å². The van der Waals surface area contributed by atoms with Crippen LogP contribution in [0.25, 0.3) is 0 Å². The number of ether oxygens (including phenoxy) is 3. The highest BCUT2D eigenvalue weighted by molar-refractivity contribution is 5.40. The molecule has 2 aliphatic heterocycles. The summed E-state index contributed by atoms with van der Waals surface area (Å²) in [6.07, 6.45) is 0.456. The number of para-hydroxylation sites is 2. The maximum absolute atomic E-state index is 5.92. The van der Waals surface area contributed by atoms with Crippen molar-refractivity contribution in [3.05, 3.63) is 24.3 Å². The molecule has 0 bridgehead atoms. The standard InChI is InChI=1S/C13H17NO3/c1-9(14-6-10-7-15-10)13-8-16-11-4-2-3-5-12(11)17-13/h2-5,9-10,13-14H,6-8H2,1H3/t9-,10-,13-/m0/s1. The SMILES string of the molecule is C[C@H](NC[C@H]1CO1)[C@@H]1COc2ccccc2O1. The number of hydrogen-bond acceptors (Lipinski definition) is 4. The third kappa shape index (κ3) is 2.53. The highest BCUT2D eigenvalue weighted by Crippen LogP contribution is 2.31. The minimum Gasteiger partial charge on any atom is -0.486 e. The molecule has 0 amide bonds. The molecule has 2 aliphatic rings. The zero-order valence-electron chi connectivity index (χ0n) is 9.89. The lowest BCUT2D eigenvalue weighted by molar-refractivity contribution is 0.0663. The summed E-state index contributed by atoms with van der Waals surface area (Å²) in [5, 5.41) is 3.42. The summed E-state index contributed by atoms with van der Waals surface area (Å²) in [6.45, 7) is 4.48. The van der Waals surface area contributed by atoms with Crippen LogP contribution in [0.15, 0.2) is 24.3 Å². The van der Waals surface area contributed by atoms with Crippen molar-refractivity contribution < 1.29 is 14.2 Å². The first-order valence-corrected chi connectivity index (χ1v) is 6.06. The molecule has 0 radical (unpaired) electrons. The molecule has 0 aromatic heterocycles. The van der Waals surface area contributed by atoms with Gasteiger partial charge >= 0.3 is 0 Å². The van der Waals surface area contributed by atoms with Gasteiger partial charge in [-0.05, 0) is 19.1 Å². The van der Waals surface area contributed by atoms with E-state index in [2.05, 4.69) is 12.2 Å². The van der Waals surface area contributed by atoms with Crippen LogP contribution < -0.4 is 14.8 Å². The highest BCUT2D eigenvalue weighted by Gasteiger charge is 2.28. The van der Waals surface area contributed by atoms with Gasteiger partial charge in [0.05, 0.1) is 12.7 Å². The molecule has 0 unspecified atom stereocenters. The van der Waals surface area contributed by atoms with Crippen molar-refractivity contribution >= 4 is 0 Å². The molecule has 17 heavy (non-hydrogen) atoms. The van der Waals surface area contributed by atoms with Gasteiger partial charge in [0, 0.05) is 12.6 Å². The van der Waals surface area contributed by atoms with E-state index in [1.807, 2.05) is 24.3 Å². The summed E-state index contributed by atoms with van der Waals surface area (Å²) in [5.74, 6) is 1.67. The third-order valence-electron chi connectivity index (χ3n) is 3.16. The number of benzene rings is 1. The Morgan fingerprint density at radius 2 is 2.06 bits per heavy atom. The van der Waals surface area contributed by atoms with Crippen molar-refractivity contribution in [2.45, 2.75) is 25.2 Å². The average Bonchev–Trinajstić information content (AvgIpc) is 3.19. The van der Waals surface area contributed by atoms with Gasteiger partial charge in [-0.3, -0.25) is 0 Å². The van der Waals surface area contributed by atoms with Gasteiger partial charge < -0.3 is 19.5 Å². The second kappa shape index (κ2) is 4.55. The summed E-state index contributed by atoms with van der Waals surface area (Å²) >= 11 is 0. The van der Waals surface area contributed by atoms with E-state index in [1.165, 1.54) is 0 Å². The van der Waals surface area contributed by atoms with Crippen LogP contribution in [-0.2, 0) is 4.74 Å². The van der Waals surface area contributed by atoms with Crippen LogP contribution in [0, 0.1) is 0 Å². The van der Waals surface area contributed by atoms with E-state index in [1.54, 1.807) is 0 Å². The summed E-state index contributed by atoms with van der Waals surface area (Å²) in [7, 11) is 0. The molecule has 1 N–H and O–H groups in total. The molecule has 1 aromatic rings. The average molecular weight is 235 g/mol. The predicted octanol–water partition coefficient (Wildman–Crippen LogP) is 1.20. The topological polar surface area (TPSA) is 43.0 Å². The van der Waals surface area contributed by atoms with Crippen molar-refractivity contribution in [2.75, 3.05) is 19.8 Å². The molecule has 1 fully saturated rings. The van der Waals surface area contributed by atoms with Gasteiger partial charge in [0.1, 0.15) is 12.7 Å². The molecular weight excluding hydrogens is 218 g/mol. The normalized spacial score (nSPS) is 27.6. The molecule has 0 aliphatic carbocycles. The van der Waals surface area contributed by atoms with E-state index < -0.39 is 0 Å². The summed E-state index contributed by atoms with van der Waals surface area (Å²) in [4.78, 5) is 0. The first-order valence-electron chi connectivity index (χ1n) is 6.06. The van der Waals surface area contributed by atoms with E-state index in [-0.39, 0.29) is 12.1 Å². The predicted molar refractivity (Wildman–Crippen MR) is 63.6 cm³/mol. The molecule has 92 valence electrons. The summed E-state index contributed by atoms with van der Waals surface area (Å²) in [5.41, 5.74) is 0. The first kappa shape index (κ1) is 10.9. The van der Waals surface area contributed by atoms with Crippen LogP contribution in [0.1, 0.15) is 6.92 Å². The Labute approximate surface area is 101 Å². The van der Waals surface area contributed by atoms with Crippen molar-refractivity contribution in [1.29, 1.82) is 0 Å². The van der Waals surface area contributed by atoms with Crippen LogP contribution in [0.4, 0.5) is 0 Å². The summed E-state index contributed by atoms with van der Waals surface area (Å²) in [6, 6.07) is 8.04. The van der Waals surface area contributed by atoms with Gasteiger partial charge in [0.2, 0.25) is 0 Å². The molecule has 3 atom stereocenters. The minimum atomic E-state index is 0.0589. The Kier molecular flexibility index (Phi) is 2.91. The maximum Gasteiger partial charge on any atom is 0.161 e. The molecule has 1 saturated heterocycles. The van der Waals surface area contributed by atoms with Gasteiger partial charge in [-0.1, -0.05) is 12.1 Å². The van der Waals surface area contributed by atoms with Gasteiger partial charge in [0.25, 0.3) is 0 Å². The number of hydrogen-bond donors (Lipinski definition) is 1. The van der Waals surface area contributed by atoms with Crippen LogP contribution in [0.2, 0.25) is 0 Å². The van der Waals surface area contributed by atoms with E-state index in [0.29, 0.717) is 12.7 Å². The number of fused-ring (bicyclic) bond motifs is 1. The Balaban J connectivity index is 1.58. The van der Waals surface area contributed by atoms with Gasteiger partial charge in [-0.25, -0.2) is 0 Å². The monoisotopic (exact) mass is 235 g/mol. The maximum atomic E-state index is 5.92. The lowest BCUT2D eigenvalue weighted by Crippen LogP contribution is -2.47.